The van der Waals surface area contributed by atoms with Gasteiger partial charge in [0.25, 0.3) is 10.1 Å². The average Bonchev–Trinajstić information content (AvgIpc) is 2.53. The molecule has 0 aliphatic rings. The SMILES string of the molecule is Cc1ccc(S(=O)(=O)OC(C)NC(=O)OCc2ccccc2)cc1. The fourth-order valence-electron chi connectivity index (χ4n) is 1.91. The molecule has 2 rings (SSSR count). The number of amides is 1. The fourth-order valence-corrected chi connectivity index (χ4v) is 2.91. The summed E-state index contributed by atoms with van der Waals surface area (Å²) in [5, 5.41) is 2.32. The summed E-state index contributed by atoms with van der Waals surface area (Å²) in [6, 6.07) is 15.4. The van der Waals surface area contributed by atoms with E-state index >= 15 is 0 Å². The Morgan fingerprint density at radius 2 is 1.71 bits per heavy atom. The quantitative estimate of drug-likeness (QED) is 0.640. The Hall–Kier alpha value is -2.38. The van der Waals surface area contributed by atoms with Crippen LogP contribution in [0.3, 0.4) is 0 Å². The van der Waals surface area contributed by atoms with Crippen LogP contribution in [-0.2, 0) is 25.6 Å². The van der Waals surface area contributed by atoms with Crippen LogP contribution in [0.5, 0.6) is 0 Å². The van der Waals surface area contributed by atoms with E-state index in [2.05, 4.69) is 5.32 Å². The number of benzene rings is 2. The van der Waals surface area contributed by atoms with Gasteiger partial charge in [-0.15, -0.1) is 0 Å². The summed E-state index contributed by atoms with van der Waals surface area (Å²) in [6.07, 6.45) is -1.81. The van der Waals surface area contributed by atoms with Crippen LogP contribution >= 0.6 is 0 Å². The Balaban J connectivity index is 1.86. The molecule has 1 N–H and O–H groups in total. The zero-order chi connectivity index (χ0) is 17.6. The Bertz CT molecular complexity index is 772. The van der Waals surface area contributed by atoms with E-state index < -0.39 is 22.4 Å². The van der Waals surface area contributed by atoms with Crippen molar-refractivity contribution in [1.82, 2.24) is 5.32 Å². The summed E-state index contributed by atoms with van der Waals surface area (Å²) in [5.74, 6) is 0. The molecule has 0 radical (unpaired) electrons. The van der Waals surface area contributed by atoms with Crippen molar-refractivity contribution >= 4 is 16.2 Å². The van der Waals surface area contributed by atoms with E-state index in [0.29, 0.717) is 0 Å². The minimum Gasteiger partial charge on any atom is -0.445 e. The summed E-state index contributed by atoms with van der Waals surface area (Å²) in [7, 11) is -3.96. The molecule has 0 fully saturated rings. The van der Waals surface area contributed by atoms with Crippen molar-refractivity contribution in [2.24, 2.45) is 0 Å². The Kier molecular flexibility index (Phi) is 5.94. The minimum atomic E-state index is -3.96. The molecule has 7 heteroatoms. The van der Waals surface area contributed by atoms with E-state index in [1.54, 1.807) is 12.1 Å². The molecular formula is C17H19NO5S. The van der Waals surface area contributed by atoms with Crippen molar-refractivity contribution < 1.29 is 22.1 Å². The van der Waals surface area contributed by atoms with Crippen molar-refractivity contribution in [1.29, 1.82) is 0 Å². The molecule has 0 spiro atoms. The molecule has 0 saturated carbocycles. The normalized spacial score (nSPS) is 12.4. The van der Waals surface area contributed by atoms with Gasteiger partial charge in [0.15, 0.2) is 0 Å². The third-order valence-corrected chi connectivity index (χ3v) is 4.51. The first-order valence-corrected chi connectivity index (χ1v) is 8.75. The maximum absolute atomic E-state index is 12.1. The van der Waals surface area contributed by atoms with Gasteiger partial charge in [0, 0.05) is 0 Å². The maximum Gasteiger partial charge on any atom is 0.409 e. The van der Waals surface area contributed by atoms with Crippen LogP contribution < -0.4 is 5.32 Å². The molecule has 6 nitrogen and oxygen atoms in total. The van der Waals surface area contributed by atoms with Crippen molar-refractivity contribution in [3.8, 4) is 0 Å². The van der Waals surface area contributed by atoms with E-state index in [0.717, 1.165) is 11.1 Å². The van der Waals surface area contributed by atoms with E-state index in [1.165, 1.54) is 19.1 Å². The highest BCUT2D eigenvalue weighted by molar-refractivity contribution is 7.86. The molecule has 2 aromatic carbocycles. The van der Waals surface area contributed by atoms with Gasteiger partial charge in [-0.25, -0.2) is 8.98 Å². The second kappa shape index (κ2) is 7.94. The highest BCUT2D eigenvalue weighted by atomic mass is 32.2. The van der Waals surface area contributed by atoms with Gasteiger partial charge in [0.2, 0.25) is 0 Å². The summed E-state index contributed by atoms with van der Waals surface area (Å²) >= 11 is 0. The van der Waals surface area contributed by atoms with Crippen molar-refractivity contribution in [2.45, 2.75) is 31.6 Å². The molecule has 128 valence electrons. The molecule has 0 aromatic heterocycles. The van der Waals surface area contributed by atoms with Gasteiger partial charge in [-0.2, -0.15) is 8.42 Å². The summed E-state index contributed by atoms with van der Waals surface area (Å²) < 4.78 is 34.2. The lowest BCUT2D eigenvalue weighted by atomic mass is 10.2. The van der Waals surface area contributed by atoms with Crippen molar-refractivity contribution in [2.75, 3.05) is 0 Å². The van der Waals surface area contributed by atoms with Crippen LogP contribution in [0.25, 0.3) is 0 Å². The first-order valence-electron chi connectivity index (χ1n) is 7.34. The number of hydrogen-bond donors (Lipinski definition) is 1. The molecule has 2 aromatic rings. The number of carbonyl (C=O) groups excluding carboxylic acids is 1. The molecule has 24 heavy (non-hydrogen) atoms. The number of hydrogen-bond acceptors (Lipinski definition) is 5. The highest BCUT2D eigenvalue weighted by Crippen LogP contribution is 2.14. The van der Waals surface area contributed by atoms with Gasteiger partial charge in [0.1, 0.15) is 12.8 Å². The summed E-state index contributed by atoms with van der Waals surface area (Å²) in [6.45, 7) is 3.35. The predicted octanol–water partition coefficient (Wildman–Crippen LogP) is 2.97. The molecule has 0 saturated heterocycles. The third kappa shape index (κ3) is 5.36. The number of alkyl carbamates (subject to hydrolysis) is 1. The molecular weight excluding hydrogens is 330 g/mol. The van der Waals surface area contributed by atoms with Crippen LogP contribution in [0.4, 0.5) is 4.79 Å². The first kappa shape index (κ1) is 18.0. The van der Waals surface area contributed by atoms with E-state index in [9.17, 15) is 13.2 Å². The summed E-state index contributed by atoms with van der Waals surface area (Å²) in [4.78, 5) is 11.7. The Labute approximate surface area is 141 Å². The van der Waals surface area contributed by atoms with E-state index in [4.69, 9.17) is 8.92 Å². The van der Waals surface area contributed by atoms with Crippen LogP contribution in [0, 0.1) is 6.92 Å². The largest absolute Gasteiger partial charge is 0.445 e. The lowest BCUT2D eigenvalue weighted by molar-refractivity contribution is 0.113. The number of carbonyl (C=O) groups is 1. The third-order valence-electron chi connectivity index (χ3n) is 3.11. The van der Waals surface area contributed by atoms with Crippen LogP contribution in [-0.4, -0.2) is 20.7 Å². The fraction of sp³-hybridized carbons (Fsp3) is 0.235. The predicted molar refractivity (Wildman–Crippen MR) is 88.7 cm³/mol. The molecule has 0 heterocycles. The molecule has 1 atom stereocenters. The topological polar surface area (TPSA) is 81.7 Å². The molecule has 1 unspecified atom stereocenters. The number of ether oxygens (including phenoxy) is 1. The smallest absolute Gasteiger partial charge is 0.409 e. The van der Waals surface area contributed by atoms with Gasteiger partial charge in [-0.05, 0) is 31.5 Å². The molecule has 0 bridgehead atoms. The number of rotatable bonds is 6. The molecule has 0 aliphatic carbocycles. The summed E-state index contributed by atoms with van der Waals surface area (Å²) in [5.41, 5.74) is 1.76. The Morgan fingerprint density at radius 1 is 1.08 bits per heavy atom. The zero-order valence-corrected chi connectivity index (χ0v) is 14.2. The van der Waals surface area contributed by atoms with Gasteiger partial charge >= 0.3 is 6.09 Å². The van der Waals surface area contributed by atoms with Crippen LogP contribution in [0.2, 0.25) is 0 Å². The second-order valence-electron chi connectivity index (χ2n) is 5.21. The standard InChI is InChI=1S/C17H19NO5S/c1-13-8-10-16(11-9-13)24(20,21)23-14(2)18-17(19)22-12-15-6-4-3-5-7-15/h3-11,14H,12H2,1-2H3,(H,18,19). The van der Waals surface area contributed by atoms with Gasteiger partial charge in [-0.1, -0.05) is 48.0 Å². The van der Waals surface area contributed by atoms with Gasteiger partial charge < -0.3 is 4.74 Å². The zero-order valence-electron chi connectivity index (χ0n) is 13.4. The highest BCUT2D eigenvalue weighted by Gasteiger charge is 2.20. The van der Waals surface area contributed by atoms with E-state index in [-0.39, 0.29) is 11.5 Å². The second-order valence-corrected chi connectivity index (χ2v) is 6.78. The maximum atomic E-state index is 12.1. The van der Waals surface area contributed by atoms with Crippen molar-refractivity contribution in [3.63, 3.8) is 0 Å². The first-order chi connectivity index (χ1) is 11.4. The lowest BCUT2D eigenvalue weighted by Gasteiger charge is -2.15. The number of aryl methyl sites for hydroxylation is 1. The molecule has 0 aliphatic heterocycles. The Morgan fingerprint density at radius 3 is 2.33 bits per heavy atom. The van der Waals surface area contributed by atoms with E-state index in [1.807, 2.05) is 37.3 Å². The molecule has 1 amide bonds. The van der Waals surface area contributed by atoms with Crippen molar-refractivity contribution in [3.05, 3.63) is 65.7 Å². The van der Waals surface area contributed by atoms with Crippen LogP contribution in [0.15, 0.2) is 59.5 Å². The lowest BCUT2D eigenvalue weighted by Crippen LogP contribution is -2.36. The average molecular weight is 349 g/mol. The monoisotopic (exact) mass is 349 g/mol. The van der Waals surface area contributed by atoms with Gasteiger partial charge in [-0.3, -0.25) is 5.32 Å². The number of nitrogens with one attached hydrogen (secondary N) is 1. The van der Waals surface area contributed by atoms with Gasteiger partial charge in [0.05, 0.1) is 4.90 Å². The van der Waals surface area contributed by atoms with Crippen LogP contribution in [0.1, 0.15) is 18.1 Å². The minimum absolute atomic E-state index is 0.0272.